The summed E-state index contributed by atoms with van der Waals surface area (Å²) in [5.41, 5.74) is 0.924. The van der Waals surface area contributed by atoms with E-state index in [-0.39, 0.29) is 13.2 Å². The van der Waals surface area contributed by atoms with Gasteiger partial charge in [0.05, 0.1) is 13.2 Å². The maximum atomic E-state index is 10.1. The van der Waals surface area contributed by atoms with Crippen LogP contribution in [0.1, 0.15) is 5.56 Å². The molecule has 0 bridgehead atoms. The Kier molecular flexibility index (Phi) is 5.47. The number of methoxy groups -OCH3 is 1. The number of ether oxygens (including phenoxy) is 3. The van der Waals surface area contributed by atoms with Gasteiger partial charge in [-0.15, -0.1) is 0 Å². The van der Waals surface area contributed by atoms with Gasteiger partial charge in [-0.3, -0.25) is 0 Å². The maximum Gasteiger partial charge on any atom is 0.186 e. The number of aliphatic hydroxyl groups is 3. The molecule has 1 aromatic rings. The SMILES string of the molecule is CO[C@H]1O[C@H](CO)[C@@H](O)[C@H](OCc2ccccc2)[C@@H]1O. The number of hydrogen-bond acceptors (Lipinski definition) is 6. The summed E-state index contributed by atoms with van der Waals surface area (Å²) in [5, 5.41) is 29.3. The zero-order valence-corrected chi connectivity index (χ0v) is 11.3. The lowest BCUT2D eigenvalue weighted by Crippen LogP contribution is -2.59. The summed E-state index contributed by atoms with van der Waals surface area (Å²) in [6.07, 6.45) is -4.90. The van der Waals surface area contributed by atoms with Crippen LogP contribution in [0.3, 0.4) is 0 Å². The van der Waals surface area contributed by atoms with Gasteiger partial charge in [-0.1, -0.05) is 30.3 Å². The van der Waals surface area contributed by atoms with Gasteiger partial charge in [0.25, 0.3) is 0 Å². The molecular weight excluding hydrogens is 264 g/mol. The van der Waals surface area contributed by atoms with Crippen LogP contribution < -0.4 is 0 Å². The van der Waals surface area contributed by atoms with Crippen LogP contribution in [0.5, 0.6) is 0 Å². The molecular formula is C14H20O6. The quantitative estimate of drug-likeness (QED) is 0.685. The molecule has 6 nitrogen and oxygen atoms in total. The van der Waals surface area contributed by atoms with Gasteiger partial charge in [-0.2, -0.15) is 0 Å². The van der Waals surface area contributed by atoms with Gasteiger partial charge in [0.2, 0.25) is 0 Å². The van der Waals surface area contributed by atoms with Crippen molar-refractivity contribution in [2.75, 3.05) is 13.7 Å². The van der Waals surface area contributed by atoms with E-state index in [1.165, 1.54) is 7.11 Å². The molecule has 1 heterocycles. The lowest BCUT2D eigenvalue weighted by Gasteiger charge is -2.41. The Morgan fingerprint density at radius 3 is 2.45 bits per heavy atom. The molecule has 20 heavy (non-hydrogen) atoms. The van der Waals surface area contributed by atoms with E-state index in [0.29, 0.717) is 0 Å². The Labute approximate surface area is 117 Å². The van der Waals surface area contributed by atoms with Crippen molar-refractivity contribution >= 4 is 0 Å². The van der Waals surface area contributed by atoms with Gasteiger partial charge < -0.3 is 29.5 Å². The number of benzene rings is 1. The minimum atomic E-state index is -1.12. The normalized spacial score (nSPS) is 34.1. The molecule has 2 rings (SSSR count). The van der Waals surface area contributed by atoms with Crippen LogP contribution in [0.4, 0.5) is 0 Å². The van der Waals surface area contributed by atoms with Gasteiger partial charge in [0, 0.05) is 7.11 Å². The zero-order valence-electron chi connectivity index (χ0n) is 11.3. The van der Waals surface area contributed by atoms with Crippen molar-refractivity contribution in [3.8, 4) is 0 Å². The van der Waals surface area contributed by atoms with E-state index < -0.39 is 30.7 Å². The van der Waals surface area contributed by atoms with Crippen LogP contribution in [0.2, 0.25) is 0 Å². The predicted octanol–water partition coefficient (Wildman–Crippen LogP) is -0.343. The third-order valence-electron chi connectivity index (χ3n) is 3.34. The summed E-state index contributed by atoms with van der Waals surface area (Å²) in [6, 6.07) is 9.42. The minimum Gasteiger partial charge on any atom is -0.394 e. The molecule has 3 N–H and O–H groups in total. The van der Waals surface area contributed by atoms with E-state index in [4.69, 9.17) is 14.2 Å². The molecule has 0 saturated carbocycles. The third kappa shape index (κ3) is 3.35. The van der Waals surface area contributed by atoms with Crippen LogP contribution in [0.15, 0.2) is 30.3 Å². The molecule has 1 aliphatic heterocycles. The molecule has 5 atom stereocenters. The van der Waals surface area contributed by atoms with Gasteiger partial charge in [0.15, 0.2) is 6.29 Å². The van der Waals surface area contributed by atoms with Gasteiger partial charge >= 0.3 is 0 Å². The third-order valence-corrected chi connectivity index (χ3v) is 3.34. The van der Waals surface area contributed by atoms with E-state index in [9.17, 15) is 15.3 Å². The fourth-order valence-corrected chi connectivity index (χ4v) is 2.21. The molecule has 0 unspecified atom stereocenters. The topological polar surface area (TPSA) is 88.4 Å². The van der Waals surface area contributed by atoms with Crippen LogP contribution in [0.25, 0.3) is 0 Å². The van der Waals surface area contributed by atoms with Crippen molar-refractivity contribution < 1.29 is 29.5 Å². The van der Waals surface area contributed by atoms with Crippen LogP contribution in [0, 0.1) is 0 Å². The van der Waals surface area contributed by atoms with E-state index in [2.05, 4.69) is 0 Å². The second-order valence-corrected chi connectivity index (χ2v) is 4.70. The fourth-order valence-electron chi connectivity index (χ4n) is 2.21. The Morgan fingerprint density at radius 1 is 1.15 bits per heavy atom. The number of rotatable bonds is 5. The first kappa shape index (κ1) is 15.4. The summed E-state index contributed by atoms with van der Waals surface area (Å²) in [7, 11) is 1.38. The van der Waals surface area contributed by atoms with E-state index >= 15 is 0 Å². The van der Waals surface area contributed by atoms with Gasteiger partial charge in [0.1, 0.15) is 24.4 Å². The smallest absolute Gasteiger partial charge is 0.186 e. The van der Waals surface area contributed by atoms with Crippen molar-refractivity contribution in [3.63, 3.8) is 0 Å². The Hall–Kier alpha value is -1.02. The highest BCUT2D eigenvalue weighted by molar-refractivity contribution is 5.13. The Balaban J connectivity index is 2.02. The first-order valence-corrected chi connectivity index (χ1v) is 6.48. The largest absolute Gasteiger partial charge is 0.394 e. The number of aliphatic hydroxyl groups excluding tert-OH is 3. The molecule has 0 aromatic heterocycles. The van der Waals surface area contributed by atoms with Crippen molar-refractivity contribution in [1.82, 2.24) is 0 Å². The maximum absolute atomic E-state index is 10.1. The van der Waals surface area contributed by atoms with Crippen molar-refractivity contribution in [2.45, 2.75) is 37.3 Å². The average Bonchev–Trinajstić information content (AvgIpc) is 2.48. The first-order valence-electron chi connectivity index (χ1n) is 6.48. The van der Waals surface area contributed by atoms with Crippen LogP contribution in [-0.4, -0.2) is 59.7 Å². The summed E-state index contributed by atoms with van der Waals surface area (Å²) in [6.45, 7) is -0.132. The summed E-state index contributed by atoms with van der Waals surface area (Å²) in [5.74, 6) is 0. The monoisotopic (exact) mass is 284 g/mol. The molecule has 1 saturated heterocycles. The first-order chi connectivity index (χ1) is 9.67. The van der Waals surface area contributed by atoms with E-state index in [1.54, 1.807) is 0 Å². The lowest BCUT2D eigenvalue weighted by atomic mass is 9.99. The molecule has 0 spiro atoms. The van der Waals surface area contributed by atoms with Crippen LogP contribution >= 0.6 is 0 Å². The van der Waals surface area contributed by atoms with Gasteiger partial charge in [-0.05, 0) is 5.56 Å². The predicted molar refractivity (Wildman–Crippen MR) is 69.8 cm³/mol. The molecule has 1 aliphatic rings. The second kappa shape index (κ2) is 7.12. The fraction of sp³-hybridized carbons (Fsp3) is 0.571. The van der Waals surface area contributed by atoms with Crippen molar-refractivity contribution in [2.24, 2.45) is 0 Å². The van der Waals surface area contributed by atoms with Crippen LogP contribution in [-0.2, 0) is 20.8 Å². The molecule has 0 aliphatic carbocycles. The highest BCUT2D eigenvalue weighted by Crippen LogP contribution is 2.24. The summed E-state index contributed by atoms with van der Waals surface area (Å²) >= 11 is 0. The molecule has 112 valence electrons. The average molecular weight is 284 g/mol. The molecule has 1 aromatic carbocycles. The molecule has 0 radical (unpaired) electrons. The van der Waals surface area contributed by atoms with Crippen molar-refractivity contribution in [1.29, 1.82) is 0 Å². The summed E-state index contributed by atoms with van der Waals surface area (Å²) < 4.78 is 15.8. The molecule has 0 amide bonds. The Bertz CT molecular complexity index is 382. The highest BCUT2D eigenvalue weighted by atomic mass is 16.7. The standard InChI is InChI=1S/C14H20O6/c1-18-14-12(17)13(11(16)10(7-15)20-14)19-8-9-5-3-2-4-6-9/h2-6,10-17H,7-8H2,1H3/t10-,11-,12+,13+,14+/m1/s1. The summed E-state index contributed by atoms with van der Waals surface area (Å²) in [4.78, 5) is 0. The van der Waals surface area contributed by atoms with Gasteiger partial charge in [-0.25, -0.2) is 0 Å². The van der Waals surface area contributed by atoms with E-state index in [0.717, 1.165) is 5.56 Å². The zero-order chi connectivity index (χ0) is 14.5. The number of hydrogen-bond donors (Lipinski definition) is 3. The van der Waals surface area contributed by atoms with E-state index in [1.807, 2.05) is 30.3 Å². The lowest BCUT2D eigenvalue weighted by molar-refractivity contribution is -0.303. The highest BCUT2D eigenvalue weighted by Gasteiger charge is 2.45. The minimum absolute atomic E-state index is 0.244. The van der Waals surface area contributed by atoms with Crippen molar-refractivity contribution in [3.05, 3.63) is 35.9 Å². The Morgan fingerprint density at radius 2 is 1.85 bits per heavy atom. The molecule has 6 heteroatoms. The second-order valence-electron chi connectivity index (χ2n) is 4.70. The molecule has 1 fully saturated rings.